The fraction of sp³-hybridized carbons (Fsp3) is 0.571. The van der Waals surface area contributed by atoms with Crippen molar-refractivity contribution >= 4 is 11.8 Å². The van der Waals surface area contributed by atoms with Crippen LogP contribution >= 0.6 is 11.8 Å². The average molecular weight is 250 g/mol. The van der Waals surface area contributed by atoms with Gasteiger partial charge in [-0.3, -0.25) is 11.3 Å². The van der Waals surface area contributed by atoms with Crippen LogP contribution in [0.5, 0.6) is 0 Å². The summed E-state index contributed by atoms with van der Waals surface area (Å²) in [6.07, 6.45) is 5.30. The molecule has 1 aliphatic rings. The minimum absolute atomic E-state index is 0.316. The predicted molar refractivity (Wildman–Crippen MR) is 74.9 cm³/mol. The molecule has 94 valence electrons. The van der Waals surface area contributed by atoms with E-state index in [-0.39, 0.29) is 0 Å². The molecule has 3 heteroatoms. The van der Waals surface area contributed by atoms with Crippen LogP contribution in [0.15, 0.2) is 29.2 Å². The highest BCUT2D eigenvalue weighted by Crippen LogP contribution is 2.35. The number of nitrogens with two attached hydrogens (primary N) is 1. The van der Waals surface area contributed by atoms with Crippen molar-refractivity contribution in [1.82, 2.24) is 5.43 Å². The van der Waals surface area contributed by atoms with Gasteiger partial charge in [0.05, 0.1) is 0 Å². The molecule has 2 rings (SSSR count). The fourth-order valence-electron chi connectivity index (χ4n) is 2.12. The molecule has 17 heavy (non-hydrogen) atoms. The molecule has 0 amide bonds. The number of hydrogen-bond donors (Lipinski definition) is 2. The molecule has 0 radical (unpaired) electrons. The standard InChI is InChI=1S/C14H22N2S/c1-2-17-13-8-6-12(7-9-13)14(16-15)10-5-11-3-4-11/h6-9,11,14,16H,2-5,10,15H2,1H3. The minimum atomic E-state index is 0.316. The van der Waals surface area contributed by atoms with Crippen LogP contribution < -0.4 is 11.3 Å². The third-order valence-corrected chi connectivity index (χ3v) is 4.25. The van der Waals surface area contributed by atoms with Crippen LogP contribution in [0.4, 0.5) is 0 Å². The zero-order valence-corrected chi connectivity index (χ0v) is 11.3. The Labute approximate surface area is 108 Å². The van der Waals surface area contributed by atoms with Crippen molar-refractivity contribution in [3.8, 4) is 0 Å². The van der Waals surface area contributed by atoms with Gasteiger partial charge in [-0.2, -0.15) is 0 Å². The largest absolute Gasteiger partial charge is 0.271 e. The summed E-state index contributed by atoms with van der Waals surface area (Å²) in [6.45, 7) is 2.18. The van der Waals surface area contributed by atoms with E-state index in [1.165, 1.54) is 29.7 Å². The summed E-state index contributed by atoms with van der Waals surface area (Å²) in [5, 5.41) is 0. The molecule has 1 aliphatic carbocycles. The lowest BCUT2D eigenvalue weighted by molar-refractivity contribution is 0.482. The lowest BCUT2D eigenvalue weighted by Crippen LogP contribution is -2.28. The van der Waals surface area contributed by atoms with Gasteiger partial charge in [0.2, 0.25) is 0 Å². The monoisotopic (exact) mass is 250 g/mol. The Hall–Kier alpha value is -0.510. The Morgan fingerprint density at radius 1 is 1.35 bits per heavy atom. The summed E-state index contributed by atoms with van der Waals surface area (Å²) < 4.78 is 0. The van der Waals surface area contributed by atoms with Crippen molar-refractivity contribution in [2.45, 2.75) is 43.5 Å². The molecule has 0 saturated heterocycles. The zero-order chi connectivity index (χ0) is 12.1. The molecule has 3 N–H and O–H groups in total. The first-order valence-electron chi connectivity index (χ1n) is 6.52. The van der Waals surface area contributed by atoms with E-state index in [0.717, 1.165) is 18.1 Å². The van der Waals surface area contributed by atoms with Crippen LogP contribution in [0.3, 0.4) is 0 Å². The Balaban J connectivity index is 1.92. The molecule has 1 fully saturated rings. The normalized spacial score (nSPS) is 17.1. The average Bonchev–Trinajstić information content (AvgIpc) is 3.16. The summed E-state index contributed by atoms with van der Waals surface area (Å²) in [6, 6.07) is 9.12. The second-order valence-corrected chi connectivity index (χ2v) is 6.08. The van der Waals surface area contributed by atoms with E-state index in [9.17, 15) is 0 Å². The Bertz CT molecular complexity index is 333. The molecule has 1 atom stereocenters. The van der Waals surface area contributed by atoms with E-state index < -0.39 is 0 Å². The maximum Gasteiger partial charge on any atom is 0.0460 e. The van der Waals surface area contributed by atoms with Gasteiger partial charge in [0, 0.05) is 10.9 Å². The van der Waals surface area contributed by atoms with Crippen LogP contribution in [0.2, 0.25) is 0 Å². The highest BCUT2D eigenvalue weighted by molar-refractivity contribution is 7.99. The van der Waals surface area contributed by atoms with Gasteiger partial charge in [0.15, 0.2) is 0 Å². The van der Waals surface area contributed by atoms with Crippen molar-refractivity contribution in [3.05, 3.63) is 29.8 Å². The molecular weight excluding hydrogens is 228 g/mol. The topological polar surface area (TPSA) is 38.0 Å². The maximum atomic E-state index is 5.65. The van der Waals surface area contributed by atoms with Crippen LogP contribution in [0.25, 0.3) is 0 Å². The van der Waals surface area contributed by atoms with Gasteiger partial charge in [-0.1, -0.05) is 31.9 Å². The van der Waals surface area contributed by atoms with Gasteiger partial charge >= 0.3 is 0 Å². The highest BCUT2D eigenvalue weighted by Gasteiger charge is 2.22. The summed E-state index contributed by atoms with van der Waals surface area (Å²) in [5.74, 6) is 7.75. The lowest BCUT2D eigenvalue weighted by Gasteiger charge is -2.16. The Morgan fingerprint density at radius 2 is 2.06 bits per heavy atom. The summed E-state index contributed by atoms with van der Waals surface area (Å²) >= 11 is 1.88. The predicted octanol–water partition coefficient (Wildman–Crippen LogP) is 3.49. The van der Waals surface area contributed by atoms with Crippen molar-refractivity contribution in [3.63, 3.8) is 0 Å². The summed E-state index contributed by atoms with van der Waals surface area (Å²) in [4.78, 5) is 1.34. The number of nitrogens with one attached hydrogen (secondary N) is 1. The van der Waals surface area contributed by atoms with Gasteiger partial charge in [-0.25, -0.2) is 0 Å². The summed E-state index contributed by atoms with van der Waals surface area (Å²) in [5.41, 5.74) is 4.26. The smallest absolute Gasteiger partial charge is 0.0460 e. The van der Waals surface area contributed by atoms with E-state index in [0.29, 0.717) is 6.04 Å². The molecule has 0 spiro atoms. The van der Waals surface area contributed by atoms with Gasteiger partial charge < -0.3 is 0 Å². The first-order chi connectivity index (χ1) is 8.33. The van der Waals surface area contributed by atoms with Gasteiger partial charge in [-0.05, 0) is 42.2 Å². The number of thioether (sulfide) groups is 1. The molecule has 1 saturated carbocycles. The number of hydrogen-bond acceptors (Lipinski definition) is 3. The molecule has 2 nitrogen and oxygen atoms in total. The molecular formula is C14H22N2S. The third kappa shape index (κ3) is 4.02. The highest BCUT2D eigenvalue weighted by atomic mass is 32.2. The zero-order valence-electron chi connectivity index (χ0n) is 10.5. The van der Waals surface area contributed by atoms with Crippen LogP contribution in [0, 0.1) is 5.92 Å². The van der Waals surface area contributed by atoms with E-state index in [4.69, 9.17) is 5.84 Å². The SMILES string of the molecule is CCSc1ccc(C(CCC2CC2)NN)cc1. The first kappa shape index (κ1) is 12.9. The van der Waals surface area contributed by atoms with Gasteiger partial charge in [0.25, 0.3) is 0 Å². The minimum Gasteiger partial charge on any atom is -0.271 e. The fourth-order valence-corrected chi connectivity index (χ4v) is 2.78. The van der Waals surface area contributed by atoms with Gasteiger partial charge in [0.1, 0.15) is 0 Å². The third-order valence-electron chi connectivity index (χ3n) is 3.36. The maximum absolute atomic E-state index is 5.65. The number of rotatable bonds is 7. The van der Waals surface area contributed by atoms with Gasteiger partial charge in [-0.15, -0.1) is 11.8 Å². The van der Waals surface area contributed by atoms with Crippen molar-refractivity contribution in [2.75, 3.05) is 5.75 Å². The second kappa shape index (κ2) is 6.43. The van der Waals surface area contributed by atoms with E-state index in [1.54, 1.807) is 0 Å². The molecule has 0 aromatic heterocycles. The number of benzene rings is 1. The quantitative estimate of drug-likeness (QED) is 0.442. The van der Waals surface area contributed by atoms with Crippen molar-refractivity contribution in [2.24, 2.45) is 11.8 Å². The second-order valence-electron chi connectivity index (χ2n) is 4.74. The lowest BCUT2D eigenvalue weighted by atomic mass is 10.0. The van der Waals surface area contributed by atoms with Crippen LogP contribution in [-0.2, 0) is 0 Å². The van der Waals surface area contributed by atoms with Crippen LogP contribution in [-0.4, -0.2) is 5.75 Å². The molecule has 0 bridgehead atoms. The molecule has 0 aliphatic heterocycles. The molecule has 1 unspecified atom stereocenters. The Morgan fingerprint density at radius 3 is 2.59 bits per heavy atom. The number of hydrazine groups is 1. The first-order valence-corrected chi connectivity index (χ1v) is 7.51. The van der Waals surface area contributed by atoms with E-state index in [2.05, 4.69) is 36.6 Å². The van der Waals surface area contributed by atoms with Crippen LogP contribution in [0.1, 0.15) is 44.2 Å². The Kier molecular flexibility index (Phi) is 4.89. The molecule has 0 heterocycles. The van der Waals surface area contributed by atoms with Crippen molar-refractivity contribution in [1.29, 1.82) is 0 Å². The molecule has 1 aromatic rings. The van der Waals surface area contributed by atoms with E-state index >= 15 is 0 Å². The molecule has 1 aromatic carbocycles. The summed E-state index contributed by atoms with van der Waals surface area (Å²) in [7, 11) is 0. The van der Waals surface area contributed by atoms with E-state index in [1.807, 2.05) is 11.8 Å². The van der Waals surface area contributed by atoms with Crippen molar-refractivity contribution < 1.29 is 0 Å².